The SMILES string of the molecule is COC(=O)C(N(C)C(=O)OC(C)(C)C)C(C)(C)C. The highest BCUT2D eigenvalue weighted by Gasteiger charge is 2.39. The molecule has 5 heteroatoms. The number of nitrogens with zero attached hydrogens (tertiary/aromatic N) is 1. The summed E-state index contributed by atoms with van der Waals surface area (Å²) in [4.78, 5) is 25.1. The van der Waals surface area contributed by atoms with Crippen LogP contribution in [0.1, 0.15) is 41.5 Å². The van der Waals surface area contributed by atoms with Gasteiger partial charge in [-0.05, 0) is 26.2 Å². The first-order valence-corrected chi connectivity index (χ1v) is 5.94. The third kappa shape index (κ3) is 4.94. The fourth-order valence-electron chi connectivity index (χ4n) is 1.64. The van der Waals surface area contributed by atoms with Gasteiger partial charge in [-0.1, -0.05) is 20.8 Å². The number of methoxy groups -OCH3 is 1. The van der Waals surface area contributed by atoms with E-state index >= 15 is 0 Å². The van der Waals surface area contributed by atoms with E-state index in [-0.39, 0.29) is 0 Å². The Morgan fingerprint density at radius 3 is 1.78 bits per heavy atom. The van der Waals surface area contributed by atoms with Crippen LogP contribution in [0.25, 0.3) is 0 Å². The number of amides is 1. The molecule has 1 atom stereocenters. The number of ether oxygens (including phenoxy) is 2. The molecule has 0 rings (SSSR count). The fourth-order valence-corrected chi connectivity index (χ4v) is 1.64. The van der Waals surface area contributed by atoms with Crippen LogP contribution < -0.4 is 0 Å². The molecule has 0 aliphatic heterocycles. The van der Waals surface area contributed by atoms with Crippen molar-refractivity contribution in [3.63, 3.8) is 0 Å². The number of carbonyl (C=O) groups is 2. The molecule has 0 aliphatic carbocycles. The predicted molar refractivity (Wildman–Crippen MR) is 69.3 cm³/mol. The van der Waals surface area contributed by atoms with E-state index in [1.165, 1.54) is 12.0 Å². The molecule has 0 heterocycles. The second-order valence-corrected chi connectivity index (χ2v) is 6.38. The number of carbonyl (C=O) groups excluding carboxylic acids is 2. The maximum atomic E-state index is 12.0. The molecule has 0 fully saturated rings. The van der Waals surface area contributed by atoms with E-state index in [9.17, 15) is 9.59 Å². The average molecular weight is 259 g/mol. The zero-order valence-corrected chi connectivity index (χ0v) is 12.7. The van der Waals surface area contributed by atoms with Crippen molar-refractivity contribution in [1.29, 1.82) is 0 Å². The molecule has 0 saturated heterocycles. The second kappa shape index (κ2) is 5.59. The minimum Gasteiger partial charge on any atom is -0.467 e. The number of esters is 1. The quantitative estimate of drug-likeness (QED) is 0.715. The van der Waals surface area contributed by atoms with Gasteiger partial charge in [0, 0.05) is 7.05 Å². The Hall–Kier alpha value is -1.26. The topological polar surface area (TPSA) is 55.8 Å². The van der Waals surface area contributed by atoms with Crippen LogP contribution >= 0.6 is 0 Å². The van der Waals surface area contributed by atoms with Crippen LogP contribution in [0.15, 0.2) is 0 Å². The van der Waals surface area contributed by atoms with Crippen molar-refractivity contribution in [2.45, 2.75) is 53.2 Å². The molecular weight excluding hydrogens is 234 g/mol. The lowest BCUT2D eigenvalue weighted by Crippen LogP contribution is -2.51. The van der Waals surface area contributed by atoms with E-state index in [2.05, 4.69) is 0 Å². The van der Waals surface area contributed by atoms with E-state index in [4.69, 9.17) is 9.47 Å². The van der Waals surface area contributed by atoms with Gasteiger partial charge in [0.1, 0.15) is 11.6 Å². The summed E-state index contributed by atoms with van der Waals surface area (Å²) in [6.07, 6.45) is -0.534. The maximum Gasteiger partial charge on any atom is 0.410 e. The van der Waals surface area contributed by atoms with Gasteiger partial charge in [0.15, 0.2) is 0 Å². The lowest BCUT2D eigenvalue weighted by Gasteiger charge is -2.36. The molecule has 0 N–H and O–H groups in total. The summed E-state index contributed by atoms with van der Waals surface area (Å²) in [5.41, 5.74) is -1.03. The van der Waals surface area contributed by atoms with E-state index in [1.54, 1.807) is 27.8 Å². The second-order valence-electron chi connectivity index (χ2n) is 6.38. The van der Waals surface area contributed by atoms with Crippen LogP contribution in [-0.2, 0) is 14.3 Å². The van der Waals surface area contributed by atoms with Gasteiger partial charge in [-0.15, -0.1) is 0 Å². The Bertz CT molecular complexity index is 312. The molecule has 18 heavy (non-hydrogen) atoms. The van der Waals surface area contributed by atoms with Crippen molar-refractivity contribution in [2.24, 2.45) is 5.41 Å². The zero-order chi connectivity index (χ0) is 14.7. The first-order valence-electron chi connectivity index (χ1n) is 5.94. The minimum absolute atomic E-state index is 0.432. The standard InChI is InChI=1S/C13H25NO4/c1-12(2,3)9(10(15)17-8)14(7)11(16)18-13(4,5)6/h9H,1-8H3. The van der Waals surface area contributed by atoms with Crippen LogP contribution in [-0.4, -0.2) is 42.8 Å². The summed E-state index contributed by atoms with van der Waals surface area (Å²) in [5.74, 6) is -0.448. The van der Waals surface area contributed by atoms with E-state index < -0.39 is 29.1 Å². The van der Waals surface area contributed by atoms with Crippen molar-refractivity contribution in [3.8, 4) is 0 Å². The Morgan fingerprint density at radius 1 is 1.06 bits per heavy atom. The van der Waals surface area contributed by atoms with Gasteiger partial charge in [0.05, 0.1) is 7.11 Å². The van der Waals surface area contributed by atoms with E-state index in [1.807, 2.05) is 20.8 Å². The number of hydrogen-bond acceptors (Lipinski definition) is 4. The highest BCUT2D eigenvalue weighted by atomic mass is 16.6. The Kier molecular flexibility index (Phi) is 5.20. The largest absolute Gasteiger partial charge is 0.467 e. The van der Waals surface area contributed by atoms with Gasteiger partial charge < -0.3 is 9.47 Å². The lowest BCUT2D eigenvalue weighted by atomic mass is 9.86. The molecule has 0 saturated carbocycles. The van der Waals surface area contributed by atoms with Gasteiger partial charge in [-0.25, -0.2) is 9.59 Å². The monoisotopic (exact) mass is 259 g/mol. The van der Waals surface area contributed by atoms with E-state index in [0.29, 0.717) is 0 Å². The number of rotatable bonds is 2. The molecule has 0 aromatic carbocycles. The van der Waals surface area contributed by atoms with E-state index in [0.717, 1.165) is 0 Å². The predicted octanol–water partition coefficient (Wildman–Crippen LogP) is 2.44. The summed E-state index contributed by atoms with van der Waals surface area (Å²) in [6.45, 7) is 11.0. The first kappa shape index (κ1) is 16.7. The number of hydrogen-bond donors (Lipinski definition) is 0. The summed E-state index contributed by atoms with van der Waals surface area (Å²) in [7, 11) is 2.85. The maximum absolute atomic E-state index is 12.0. The molecule has 0 aromatic heterocycles. The van der Waals surface area contributed by atoms with Crippen LogP contribution in [0.2, 0.25) is 0 Å². The molecule has 0 aliphatic rings. The fraction of sp³-hybridized carbons (Fsp3) is 0.846. The zero-order valence-electron chi connectivity index (χ0n) is 12.7. The Balaban J connectivity index is 5.04. The molecule has 0 spiro atoms. The third-order valence-corrected chi connectivity index (χ3v) is 2.31. The summed E-state index contributed by atoms with van der Waals surface area (Å²) in [6, 6.07) is -0.683. The first-order chi connectivity index (χ1) is 7.90. The smallest absolute Gasteiger partial charge is 0.410 e. The van der Waals surface area contributed by atoms with Crippen LogP contribution in [0, 0.1) is 5.41 Å². The summed E-state index contributed by atoms with van der Waals surface area (Å²) >= 11 is 0. The lowest BCUT2D eigenvalue weighted by molar-refractivity contribution is -0.150. The summed E-state index contributed by atoms with van der Waals surface area (Å²) < 4.78 is 10.0. The van der Waals surface area contributed by atoms with Crippen LogP contribution in [0.5, 0.6) is 0 Å². The Labute approximate surface area is 109 Å². The van der Waals surface area contributed by atoms with Crippen molar-refractivity contribution in [3.05, 3.63) is 0 Å². The molecule has 1 unspecified atom stereocenters. The van der Waals surface area contributed by atoms with Gasteiger partial charge in [-0.2, -0.15) is 0 Å². The van der Waals surface area contributed by atoms with Crippen LogP contribution in [0.4, 0.5) is 4.79 Å². The Morgan fingerprint density at radius 2 is 1.50 bits per heavy atom. The number of likely N-dealkylation sites (N-methyl/N-ethyl adjacent to an activating group) is 1. The minimum atomic E-state index is -0.683. The highest BCUT2D eigenvalue weighted by molar-refractivity contribution is 5.82. The van der Waals surface area contributed by atoms with Crippen LogP contribution in [0.3, 0.4) is 0 Å². The van der Waals surface area contributed by atoms with Gasteiger partial charge in [0.2, 0.25) is 0 Å². The van der Waals surface area contributed by atoms with Gasteiger partial charge in [-0.3, -0.25) is 4.90 Å². The third-order valence-electron chi connectivity index (χ3n) is 2.31. The van der Waals surface area contributed by atoms with Gasteiger partial charge in [0.25, 0.3) is 0 Å². The molecule has 1 amide bonds. The molecule has 0 aromatic rings. The van der Waals surface area contributed by atoms with Crippen molar-refractivity contribution in [2.75, 3.05) is 14.2 Å². The van der Waals surface area contributed by atoms with Gasteiger partial charge >= 0.3 is 12.1 Å². The van der Waals surface area contributed by atoms with Crippen molar-refractivity contribution < 1.29 is 19.1 Å². The van der Waals surface area contributed by atoms with Crippen molar-refractivity contribution in [1.82, 2.24) is 4.90 Å². The molecule has 5 nitrogen and oxygen atoms in total. The molecule has 0 radical (unpaired) electrons. The average Bonchev–Trinajstić information content (AvgIpc) is 2.12. The molecule has 0 bridgehead atoms. The molecule has 106 valence electrons. The highest BCUT2D eigenvalue weighted by Crippen LogP contribution is 2.26. The summed E-state index contributed by atoms with van der Waals surface area (Å²) in [5, 5.41) is 0. The normalized spacial score (nSPS) is 13.8. The van der Waals surface area contributed by atoms with Crippen molar-refractivity contribution >= 4 is 12.1 Å². The molecular formula is C13H25NO4.